The Bertz CT molecular complexity index is 1230. The van der Waals surface area contributed by atoms with E-state index in [4.69, 9.17) is 0 Å². The van der Waals surface area contributed by atoms with Crippen LogP contribution in [0.3, 0.4) is 0 Å². The summed E-state index contributed by atoms with van der Waals surface area (Å²) in [6, 6.07) is 14.5. The first-order chi connectivity index (χ1) is 18.0. The van der Waals surface area contributed by atoms with E-state index in [0.717, 1.165) is 43.5 Å². The summed E-state index contributed by atoms with van der Waals surface area (Å²) in [5.41, 5.74) is 3.67. The van der Waals surface area contributed by atoms with E-state index >= 15 is 0 Å². The van der Waals surface area contributed by atoms with Crippen molar-refractivity contribution in [1.82, 2.24) is 24.6 Å². The second kappa shape index (κ2) is 11.3. The van der Waals surface area contributed by atoms with Gasteiger partial charge in [-0.25, -0.2) is 0 Å². The van der Waals surface area contributed by atoms with Crippen molar-refractivity contribution < 1.29 is 9.59 Å². The number of aryl methyl sites for hydroxylation is 1. The quantitative estimate of drug-likeness (QED) is 0.527. The molecule has 0 N–H and O–H groups in total. The molecule has 0 spiro atoms. The van der Waals surface area contributed by atoms with Gasteiger partial charge in [0, 0.05) is 76.0 Å². The molecule has 2 aliphatic rings. The van der Waals surface area contributed by atoms with Gasteiger partial charge in [-0.05, 0) is 55.0 Å². The lowest BCUT2D eigenvalue weighted by Crippen LogP contribution is -2.45. The maximum Gasteiger partial charge on any atom is 0.272 e. The van der Waals surface area contributed by atoms with Crippen LogP contribution in [0.4, 0.5) is 5.69 Å². The minimum absolute atomic E-state index is 0.0147. The molecular formula is C29H36N6O2. The first kappa shape index (κ1) is 25.1. The molecule has 194 valence electrons. The molecule has 2 bridgehead atoms. The molecule has 2 aliphatic heterocycles. The highest BCUT2D eigenvalue weighted by molar-refractivity contribution is 5.94. The molecule has 0 saturated carbocycles. The minimum Gasteiger partial charge on any atom is -0.331 e. The van der Waals surface area contributed by atoms with Crippen LogP contribution in [0.2, 0.25) is 0 Å². The number of rotatable bonds is 5. The lowest BCUT2D eigenvalue weighted by molar-refractivity contribution is -0.116. The van der Waals surface area contributed by atoms with Crippen molar-refractivity contribution in [2.45, 2.75) is 71.2 Å². The van der Waals surface area contributed by atoms with E-state index in [-0.39, 0.29) is 17.9 Å². The van der Waals surface area contributed by atoms with Gasteiger partial charge in [0.15, 0.2) is 0 Å². The number of hydrogen-bond acceptors (Lipinski definition) is 5. The van der Waals surface area contributed by atoms with Crippen molar-refractivity contribution in [1.29, 1.82) is 0 Å². The molecule has 1 aromatic carbocycles. The lowest BCUT2D eigenvalue weighted by Gasteiger charge is -2.34. The molecule has 1 fully saturated rings. The van der Waals surface area contributed by atoms with Gasteiger partial charge in [0.1, 0.15) is 5.69 Å². The van der Waals surface area contributed by atoms with Gasteiger partial charge in [-0.1, -0.05) is 31.2 Å². The molecule has 1 saturated heterocycles. The highest BCUT2D eigenvalue weighted by Crippen LogP contribution is 2.33. The van der Waals surface area contributed by atoms with E-state index in [1.807, 2.05) is 57.1 Å². The molecular weight excluding hydrogens is 464 g/mol. The van der Waals surface area contributed by atoms with Crippen molar-refractivity contribution in [3.63, 3.8) is 0 Å². The number of pyridine rings is 1. The highest BCUT2D eigenvalue weighted by atomic mass is 16.2. The number of carbonyl (C=O) groups excluding carboxylic acids is 2. The minimum atomic E-state index is -0.0147. The highest BCUT2D eigenvalue weighted by Gasteiger charge is 2.37. The molecule has 2 aromatic heterocycles. The Morgan fingerprint density at radius 2 is 1.84 bits per heavy atom. The van der Waals surface area contributed by atoms with Crippen LogP contribution in [-0.2, 0) is 24.4 Å². The third-order valence-electron chi connectivity index (χ3n) is 7.66. The Kier molecular flexibility index (Phi) is 7.65. The van der Waals surface area contributed by atoms with E-state index in [0.29, 0.717) is 37.9 Å². The van der Waals surface area contributed by atoms with Crippen LogP contribution in [0, 0.1) is 0 Å². The maximum atomic E-state index is 14.0. The SMILES string of the molecule is CCCn1nccc1C(=O)N1Cc2ccccc2N(C(C)=O)CCC2CCC(C1)N2Cc1cccnc1. The molecule has 8 nitrogen and oxygen atoms in total. The summed E-state index contributed by atoms with van der Waals surface area (Å²) in [6.07, 6.45) is 9.30. The van der Waals surface area contributed by atoms with Crippen molar-refractivity contribution in [3.05, 3.63) is 77.9 Å². The van der Waals surface area contributed by atoms with Gasteiger partial charge >= 0.3 is 0 Å². The van der Waals surface area contributed by atoms with Gasteiger partial charge in [0.25, 0.3) is 5.91 Å². The van der Waals surface area contributed by atoms with Crippen LogP contribution in [0.1, 0.15) is 61.1 Å². The van der Waals surface area contributed by atoms with Gasteiger partial charge < -0.3 is 9.80 Å². The molecule has 2 unspecified atom stereocenters. The number of carbonyl (C=O) groups is 2. The predicted octanol–water partition coefficient (Wildman–Crippen LogP) is 4.12. The first-order valence-corrected chi connectivity index (χ1v) is 13.4. The third kappa shape index (κ3) is 5.44. The van der Waals surface area contributed by atoms with Crippen LogP contribution in [0.25, 0.3) is 0 Å². The molecule has 4 heterocycles. The zero-order valence-electron chi connectivity index (χ0n) is 21.8. The zero-order valence-corrected chi connectivity index (χ0v) is 21.8. The second-order valence-corrected chi connectivity index (χ2v) is 10.1. The number of aromatic nitrogens is 3. The van der Waals surface area contributed by atoms with Gasteiger partial charge in [0.2, 0.25) is 5.91 Å². The lowest BCUT2D eigenvalue weighted by atomic mass is 10.1. The normalized spacial score (nSPS) is 20.4. The average molecular weight is 501 g/mol. The van der Waals surface area contributed by atoms with E-state index in [1.54, 1.807) is 19.3 Å². The number of nitrogens with zero attached hydrogens (tertiary/aromatic N) is 6. The fourth-order valence-electron chi connectivity index (χ4n) is 5.86. The summed E-state index contributed by atoms with van der Waals surface area (Å²) in [5.74, 6) is 0.0121. The molecule has 8 heteroatoms. The fourth-order valence-corrected chi connectivity index (χ4v) is 5.86. The van der Waals surface area contributed by atoms with Crippen molar-refractivity contribution in [2.75, 3.05) is 18.0 Å². The topological polar surface area (TPSA) is 74.6 Å². The Labute approximate surface area is 218 Å². The largest absolute Gasteiger partial charge is 0.331 e. The Morgan fingerprint density at radius 1 is 1.00 bits per heavy atom. The Balaban J connectivity index is 1.54. The van der Waals surface area contributed by atoms with Crippen molar-refractivity contribution in [3.8, 4) is 0 Å². The number of fused-ring (bicyclic) bond motifs is 3. The van der Waals surface area contributed by atoms with E-state index in [1.165, 1.54) is 5.56 Å². The van der Waals surface area contributed by atoms with E-state index in [2.05, 4.69) is 28.0 Å². The molecule has 0 radical (unpaired) electrons. The van der Waals surface area contributed by atoms with Crippen LogP contribution in [0.15, 0.2) is 61.1 Å². The summed E-state index contributed by atoms with van der Waals surface area (Å²) in [5, 5.41) is 4.41. The summed E-state index contributed by atoms with van der Waals surface area (Å²) < 4.78 is 1.81. The monoisotopic (exact) mass is 500 g/mol. The maximum absolute atomic E-state index is 14.0. The number of anilines is 1. The van der Waals surface area contributed by atoms with Gasteiger partial charge in [-0.3, -0.25) is 24.2 Å². The zero-order chi connectivity index (χ0) is 25.8. The van der Waals surface area contributed by atoms with Crippen LogP contribution < -0.4 is 4.90 Å². The first-order valence-electron chi connectivity index (χ1n) is 13.4. The molecule has 37 heavy (non-hydrogen) atoms. The molecule has 2 amide bonds. The standard InChI is InChI=1S/C29H36N6O2/c1-3-16-35-28(12-15-31-35)29(37)32-20-24-8-4-5-9-27(24)33(22(2)36)17-13-25-10-11-26(21-32)34(25)19-23-7-6-14-30-18-23/h4-9,12,14-15,18,25-26H,3,10-11,13,16-17,19-21H2,1-2H3. The summed E-state index contributed by atoms with van der Waals surface area (Å²) >= 11 is 0. The van der Waals surface area contributed by atoms with E-state index < -0.39 is 0 Å². The molecule has 5 rings (SSSR count). The Morgan fingerprint density at radius 3 is 2.62 bits per heavy atom. The predicted molar refractivity (Wildman–Crippen MR) is 143 cm³/mol. The second-order valence-electron chi connectivity index (χ2n) is 10.1. The summed E-state index contributed by atoms with van der Waals surface area (Å²) in [4.78, 5) is 37.6. The van der Waals surface area contributed by atoms with Crippen molar-refractivity contribution >= 4 is 17.5 Å². The smallest absolute Gasteiger partial charge is 0.272 e. The molecule has 2 atom stereocenters. The van der Waals surface area contributed by atoms with Crippen LogP contribution in [0.5, 0.6) is 0 Å². The number of para-hydroxylation sites is 1. The number of hydrogen-bond donors (Lipinski definition) is 0. The summed E-state index contributed by atoms with van der Waals surface area (Å²) in [6.45, 7) is 6.93. The van der Waals surface area contributed by atoms with E-state index in [9.17, 15) is 9.59 Å². The molecule has 0 aliphatic carbocycles. The summed E-state index contributed by atoms with van der Waals surface area (Å²) in [7, 11) is 0. The Hall–Kier alpha value is -3.52. The van der Waals surface area contributed by atoms with Crippen LogP contribution >= 0.6 is 0 Å². The van der Waals surface area contributed by atoms with Crippen molar-refractivity contribution in [2.24, 2.45) is 0 Å². The van der Waals surface area contributed by atoms with Gasteiger partial charge in [-0.15, -0.1) is 0 Å². The number of amides is 2. The third-order valence-corrected chi connectivity index (χ3v) is 7.66. The average Bonchev–Trinajstić information content (AvgIpc) is 3.51. The molecule has 3 aromatic rings. The fraction of sp³-hybridized carbons (Fsp3) is 0.448. The number of benzene rings is 1. The van der Waals surface area contributed by atoms with Crippen LogP contribution in [-0.4, -0.2) is 61.6 Å². The van der Waals surface area contributed by atoms with Gasteiger partial charge in [0.05, 0.1) is 0 Å². The van der Waals surface area contributed by atoms with Gasteiger partial charge in [-0.2, -0.15) is 5.10 Å².